The van der Waals surface area contributed by atoms with E-state index in [-0.39, 0.29) is 16.3 Å². The minimum Gasteiger partial charge on any atom is -0.444 e. The Morgan fingerprint density at radius 2 is 2.19 bits per heavy atom. The Labute approximate surface area is 122 Å². The number of oxazole rings is 1. The predicted molar refractivity (Wildman–Crippen MR) is 75.5 cm³/mol. The maximum atomic E-state index is 12.3. The molecule has 21 heavy (non-hydrogen) atoms. The van der Waals surface area contributed by atoms with Gasteiger partial charge in [0.2, 0.25) is 15.9 Å². The molecule has 2 aromatic rings. The number of nitriles is 1. The van der Waals surface area contributed by atoms with E-state index in [1.807, 2.05) is 6.07 Å². The van der Waals surface area contributed by atoms with Crippen molar-refractivity contribution in [2.75, 3.05) is 5.73 Å². The van der Waals surface area contributed by atoms with Crippen LogP contribution in [0.15, 0.2) is 33.7 Å². The van der Waals surface area contributed by atoms with Crippen LogP contribution in [0, 0.1) is 18.3 Å². The number of hydrogen-bond acceptors (Lipinski definition) is 6. The molecular formula is C13H14N4O3S. The van der Waals surface area contributed by atoms with Crippen LogP contribution in [0.3, 0.4) is 0 Å². The highest BCUT2D eigenvalue weighted by atomic mass is 32.2. The minimum absolute atomic E-state index is 0.0155. The second kappa shape index (κ2) is 5.55. The van der Waals surface area contributed by atoms with Crippen molar-refractivity contribution in [2.24, 2.45) is 0 Å². The molecule has 1 heterocycles. The quantitative estimate of drug-likeness (QED) is 0.825. The third-order valence-corrected chi connectivity index (χ3v) is 4.35. The van der Waals surface area contributed by atoms with Gasteiger partial charge < -0.3 is 10.2 Å². The van der Waals surface area contributed by atoms with Crippen molar-refractivity contribution in [1.82, 2.24) is 9.71 Å². The number of anilines is 1. The Bertz CT molecular complexity index is 805. The topological polar surface area (TPSA) is 122 Å². The monoisotopic (exact) mass is 306 g/mol. The lowest BCUT2D eigenvalue weighted by molar-refractivity contribution is 0.428. The molecule has 2 rings (SSSR count). The number of nitrogens with zero attached hydrogens (tertiary/aromatic N) is 2. The third-order valence-electron chi connectivity index (χ3n) is 2.76. The maximum absolute atomic E-state index is 12.3. The fraction of sp³-hybridized carbons (Fsp3) is 0.231. The number of nitrogens with two attached hydrogens (primary N) is 1. The molecule has 3 N–H and O–H groups in total. The van der Waals surface area contributed by atoms with Gasteiger partial charge in [-0.3, -0.25) is 0 Å². The highest BCUT2D eigenvalue weighted by Gasteiger charge is 2.23. The van der Waals surface area contributed by atoms with E-state index in [1.165, 1.54) is 24.4 Å². The maximum Gasteiger partial charge on any atom is 0.242 e. The molecule has 1 unspecified atom stereocenters. The molecule has 0 spiro atoms. The Morgan fingerprint density at radius 1 is 1.48 bits per heavy atom. The first kappa shape index (κ1) is 15.0. The number of rotatable bonds is 4. The van der Waals surface area contributed by atoms with Crippen molar-refractivity contribution in [3.8, 4) is 6.07 Å². The summed E-state index contributed by atoms with van der Waals surface area (Å²) in [6, 6.07) is 5.20. The lowest BCUT2D eigenvalue weighted by Crippen LogP contribution is -2.27. The first-order valence-electron chi connectivity index (χ1n) is 6.08. The van der Waals surface area contributed by atoms with E-state index in [2.05, 4.69) is 9.71 Å². The highest BCUT2D eigenvalue weighted by Crippen LogP contribution is 2.21. The van der Waals surface area contributed by atoms with E-state index in [1.54, 1.807) is 13.8 Å². The van der Waals surface area contributed by atoms with Crippen molar-refractivity contribution < 1.29 is 12.8 Å². The van der Waals surface area contributed by atoms with Crippen LogP contribution in [0.5, 0.6) is 0 Å². The van der Waals surface area contributed by atoms with E-state index in [0.29, 0.717) is 11.4 Å². The summed E-state index contributed by atoms with van der Waals surface area (Å²) in [4.78, 5) is 3.84. The number of aryl methyl sites for hydroxylation is 1. The second-order valence-electron chi connectivity index (χ2n) is 4.52. The zero-order chi connectivity index (χ0) is 15.6. The normalized spacial score (nSPS) is 12.8. The zero-order valence-electron chi connectivity index (χ0n) is 11.5. The molecular weight excluding hydrogens is 292 g/mol. The Balaban J connectivity index is 2.33. The van der Waals surface area contributed by atoms with Gasteiger partial charge in [-0.25, -0.2) is 13.4 Å². The van der Waals surface area contributed by atoms with Gasteiger partial charge in [-0.2, -0.15) is 9.98 Å². The smallest absolute Gasteiger partial charge is 0.242 e. The van der Waals surface area contributed by atoms with Crippen LogP contribution in [-0.2, 0) is 10.0 Å². The molecule has 0 aliphatic rings. The summed E-state index contributed by atoms with van der Waals surface area (Å²) < 4.78 is 32.4. The molecule has 0 radical (unpaired) electrons. The molecule has 0 bridgehead atoms. The number of hydrogen-bond donors (Lipinski definition) is 2. The molecule has 8 heteroatoms. The van der Waals surface area contributed by atoms with Gasteiger partial charge in [0, 0.05) is 5.69 Å². The molecule has 0 aliphatic carbocycles. The SMILES string of the molecule is Cc1cnc(C(C)NS(=O)(=O)c2ccc(N)cc2C#N)o1. The van der Waals surface area contributed by atoms with E-state index >= 15 is 0 Å². The van der Waals surface area contributed by atoms with Crippen molar-refractivity contribution >= 4 is 15.7 Å². The summed E-state index contributed by atoms with van der Waals surface area (Å²) in [7, 11) is -3.89. The number of nitrogen functional groups attached to an aromatic ring is 1. The summed E-state index contributed by atoms with van der Waals surface area (Å²) in [6.07, 6.45) is 1.50. The third kappa shape index (κ3) is 3.21. The van der Waals surface area contributed by atoms with Crippen molar-refractivity contribution in [3.05, 3.63) is 41.6 Å². The molecule has 1 aromatic heterocycles. The molecule has 110 valence electrons. The fourth-order valence-electron chi connectivity index (χ4n) is 1.79. The summed E-state index contributed by atoms with van der Waals surface area (Å²) in [5.41, 5.74) is 5.86. The van der Waals surface area contributed by atoms with Gasteiger partial charge in [0.1, 0.15) is 11.8 Å². The highest BCUT2D eigenvalue weighted by molar-refractivity contribution is 7.89. The summed E-state index contributed by atoms with van der Waals surface area (Å²) in [6.45, 7) is 3.32. The Morgan fingerprint density at radius 3 is 2.76 bits per heavy atom. The van der Waals surface area contributed by atoms with Gasteiger partial charge in [-0.1, -0.05) is 0 Å². The lowest BCUT2D eigenvalue weighted by Gasteiger charge is -2.12. The van der Waals surface area contributed by atoms with E-state index in [4.69, 9.17) is 15.4 Å². The first-order valence-corrected chi connectivity index (χ1v) is 7.56. The average Bonchev–Trinajstić information content (AvgIpc) is 2.84. The predicted octanol–water partition coefficient (Wildman–Crippen LogP) is 1.48. The molecule has 7 nitrogen and oxygen atoms in total. The second-order valence-corrected chi connectivity index (χ2v) is 6.20. The van der Waals surface area contributed by atoms with Crippen molar-refractivity contribution in [2.45, 2.75) is 24.8 Å². The number of sulfonamides is 1. The van der Waals surface area contributed by atoms with Gasteiger partial charge in [-0.05, 0) is 32.0 Å². The molecule has 0 saturated heterocycles. The average molecular weight is 306 g/mol. The minimum atomic E-state index is -3.89. The lowest BCUT2D eigenvalue weighted by atomic mass is 10.2. The Kier molecular flexibility index (Phi) is 3.97. The molecule has 0 amide bonds. The molecule has 1 atom stereocenters. The molecule has 0 aliphatic heterocycles. The van der Waals surface area contributed by atoms with Crippen LogP contribution in [0.2, 0.25) is 0 Å². The zero-order valence-corrected chi connectivity index (χ0v) is 12.3. The van der Waals surface area contributed by atoms with Crippen LogP contribution in [-0.4, -0.2) is 13.4 Å². The summed E-state index contributed by atoms with van der Waals surface area (Å²) in [5, 5.41) is 9.03. The van der Waals surface area contributed by atoms with Gasteiger partial charge >= 0.3 is 0 Å². The number of nitrogens with one attached hydrogen (secondary N) is 1. The fourth-order valence-corrected chi connectivity index (χ4v) is 3.12. The number of aromatic nitrogens is 1. The van der Waals surface area contributed by atoms with Gasteiger partial charge in [0.05, 0.1) is 22.7 Å². The van der Waals surface area contributed by atoms with Gasteiger partial charge in [-0.15, -0.1) is 0 Å². The van der Waals surface area contributed by atoms with Crippen molar-refractivity contribution in [3.63, 3.8) is 0 Å². The van der Waals surface area contributed by atoms with Crippen LogP contribution in [0.1, 0.15) is 30.2 Å². The van der Waals surface area contributed by atoms with Crippen LogP contribution in [0.4, 0.5) is 5.69 Å². The standard InChI is InChI=1S/C13H14N4O3S/c1-8-7-16-13(20-8)9(2)17-21(18,19)12-4-3-11(15)5-10(12)6-14/h3-5,7,9,17H,15H2,1-2H3. The van der Waals surface area contributed by atoms with Crippen LogP contribution < -0.4 is 10.5 Å². The van der Waals surface area contributed by atoms with Crippen molar-refractivity contribution in [1.29, 1.82) is 5.26 Å². The van der Waals surface area contributed by atoms with E-state index in [0.717, 1.165) is 0 Å². The Hall–Kier alpha value is -2.37. The first-order chi connectivity index (χ1) is 9.83. The molecule has 1 aromatic carbocycles. The van der Waals surface area contributed by atoms with Crippen LogP contribution >= 0.6 is 0 Å². The summed E-state index contributed by atoms with van der Waals surface area (Å²) >= 11 is 0. The van der Waals surface area contributed by atoms with E-state index in [9.17, 15) is 8.42 Å². The largest absolute Gasteiger partial charge is 0.444 e. The summed E-state index contributed by atoms with van der Waals surface area (Å²) in [5.74, 6) is 0.839. The number of benzene rings is 1. The van der Waals surface area contributed by atoms with Crippen LogP contribution in [0.25, 0.3) is 0 Å². The van der Waals surface area contributed by atoms with Gasteiger partial charge in [0.25, 0.3) is 0 Å². The van der Waals surface area contributed by atoms with E-state index < -0.39 is 16.1 Å². The van der Waals surface area contributed by atoms with Gasteiger partial charge in [0.15, 0.2) is 0 Å². The molecule has 0 saturated carbocycles. The molecule has 0 fully saturated rings.